The SMILES string of the molecule is Cc1ccc(S(=O)(=O)OC[C@@H]2[C@@H](COC(C(=O)OCc3ccccc3)C(C)C)CCN2C(=O)OC(C)(C)C)cc1. The molecule has 1 aliphatic heterocycles. The number of nitrogens with zero attached hydrogens (tertiary/aromatic N) is 1. The summed E-state index contributed by atoms with van der Waals surface area (Å²) in [5, 5.41) is 0. The van der Waals surface area contributed by atoms with Crippen LogP contribution in [0.4, 0.5) is 4.79 Å². The topological polar surface area (TPSA) is 108 Å². The minimum Gasteiger partial charge on any atom is -0.459 e. The van der Waals surface area contributed by atoms with Gasteiger partial charge in [0.2, 0.25) is 0 Å². The lowest BCUT2D eigenvalue weighted by molar-refractivity contribution is -0.163. The highest BCUT2D eigenvalue weighted by Gasteiger charge is 2.41. The van der Waals surface area contributed by atoms with Crippen LogP contribution in [0.1, 0.15) is 52.2 Å². The second kappa shape index (κ2) is 13.6. The quantitative estimate of drug-likeness (QED) is 0.269. The van der Waals surface area contributed by atoms with Crippen molar-refractivity contribution in [1.29, 1.82) is 0 Å². The van der Waals surface area contributed by atoms with E-state index in [1.54, 1.807) is 32.9 Å². The molecular formula is C30H41NO8S. The largest absolute Gasteiger partial charge is 0.459 e. The van der Waals surface area contributed by atoms with Crippen molar-refractivity contribution in [3.05, 3.63) is 65.7 Å². The van der Waals surface area contributed by atoms with Crippen LogP contribution in [0.2, 0.25) is 0 Å². The highest BCUT2D eigenvalue weighted by molar-refractivity contribution is 7.86. The lowest BCUT2D eigenvalue weighted by Crippen LogP contribution is -2.45. The van der Waals surface area contributed by atoms with Crippen LogP contribution in [0, 0.1) is 18.8 Å². The predicted octanol–water partition coefficient (Wildman–Crippen LogP) is 5.11. The Bertz CT molecular complexity index is 1220. The molecule has 1 amide bonds. The van der Waals surface area contributed by atoms with E-state index >= 15 is 0 Å². The van der Waals surface area contributed by atoms with Crippen molar-refractivity contribution >= 4 is 22.2 Å². The molecular weight excluding hydrogens is 534 g/mol. The van der Waals surface area contributed by atoms with Crippen molar-refractivity contribution < 1.29 is 36.4 Å². The number of esters is 1. The molecule has 1 fully saturated rings. The summed E-state index contributed by atoms with van der Waals surface area (Å²) < 4.78 is 48.4. The zero-order valence-electron chi connectivity index (χ0n) is 24.2. The van der Waals surface area contributed by atoms with E-state index < -0.39 is 39.9 Å². The number of rotatable bonds is 11. The lowest BCUT2D eigenvalue weighted by Gasteiger charge is -2.31. The molecule has 0 aliphatic carbocycles. The fraction of sp³-hybridized carbons (Fsp3) is 0.533. The van der Waals surface area contributed by atoms with Crippen molar-refractivity contribution in [2.45, 2.75) is 77.2 Å². The predicted molar refractivity (Wildman–Crippen MR) is 150 cm³/mol. The molecule has 0 saturated carbocycles. The minimum absolute atomic E-state index is 0.0359. The zero-order chi connectivity index (χ0) is 29.5. The molecule has 40 heavy (non-hydrogen) atoms. The molecule has 1 unspecified atom stereocenters. The average molecular weight is 576 g/mol. The van der Waals surface area contributed by atoms with Gasteiger partial charge in [0.05, 0.1) is 24.2 Å². The molecule has 2 aromatic rings. The van der Waals surface area contributed by atoms with E-state index in [2.05, 4.69) is 0 Å². The van der Waals surface area contributed by atoms with Crippen LogP contribution in [0.3, 0.4) is 0 Å². The van der Waals surface area contributed by atoms with Crippen LogP contribution in [0.25, 0.3) is 0 Å². The van der Waals surface area contributed by atoms with Crippen LogP contribution < -0.4 is 0 Å². The maximum absolute atomic E-state index is 13.0. The third kappa shape index (κ3) is 9.04. The number of benzene rings is 2. The van der Waals surface area contributed by atoms with Gasteiger partial charge in [-0.15, -0.1) is 0 Å². The maximum Gasteiger partial charge on any atom is 0.410 e. The van der Waals surface area contributed by atoms with E-state index in [0.717, 1.165) is 11.1 Å². The number of carbonyl (C=O) groups excluding carboxylic acids is 2. The van der Waals surface area contributed by atoms with Crippen molar-refractivity contribution in [2.24, 2.45) is 11.8 Å². The van der Waals surface area contributed by atoms with Crippen LogP contribution in [0.5, 0.6) is 0 Å². The Hall–Kier alpha value is -2.95. The highest BCUT2D eigenvalue weighted by atomic mass is 32.2. The maximum atomic E-state index is 13.0. The molecule has 0 bridgehead atoms. The fourth-order valence-corrected chi connectivity index (χ4v) is 5.31. The van der Waals surface area contributed by atoms with Gasteiger partial charge >= 0.3 is 12.1 Å². The Kier molecular flexibility index (Phi) is 10.7. The van der Waals surface area contributed by atoms with Crippen molar-refractivity contribution in [2.75, 3.05) is 19.8 Å². The number of amides is 1. The molecule has 9 nitrogen and oxygen atoms in total. The second-order valence-electron chi connectivity index (χ2n) is 11.4. The molecule has 1 aliphatic rings. The summed E-state index contributed by atoms with van der Waals surface area (Å²) in [6.45, 7) is 11.2. The Labute approximate surface area is 237 Å². The molecule has 0 aromatic heterocycles. The summed E-state index contributed by atoms with van der Waals surface area (Å²) in [7, 11) is -4.06. The molecule has 3 rings (SSSR count). The van der Waals surface area contributed by atoms with Gasteiger partial charge in [-0.3, -0.25) is 4.18 Å². The van der Waals surface area contributed by atoms with Gasteiger partial charge in [-0.1, -0.05) is 61.9 Å². The van der Waals surface area contributed by atoms with Crippen LogP contribution in [-0.2, 0) is 39.9 Å². The van der Waals surface area contributed by atoms with E-state index in [4.69, 9.17) is 18.4 Å². The number of hydrogen-bond acceptors (Lipinski definition) is 8. The van der Waals surface area contributed by atoms with Gasteiger partial charge in [-0.25, -0.2) is 9.59 Å². The normalized spacial score (nSPS) is 18.5. The standard InChI is InChI=1S/C30H41NO8S/c1-21(2)27(28(32)37-18-23-10-8-7-9-11-23)36-19-24-16-17-31(29(33)39-30(4,5)6)26(24)20-38-40(34,35)25-14-12-22(3)13-15-25/h7-15,21,24,26-27H,16-20H2,1-6H3/t24-,26-,27?/m1/s1. The summed E-state index contributed by atoms with van der Waals surface area (Å²) in [5.41, 5.74) is 1.07. The fourth-order valence-electron chi connectivity index (χ4n) is 4.39. The van der Waals surface area contributed by atoms with E-state index in [1.807, 2.05) is 51.1 Å². The zero-order valence-corrected chi connectivity index (χ0v) is 25.0. The van der Waals surface area contributed by atoms with E-state index in [1.165, 1.54) is 17.0 Å². The first-order valence-electron chi connectivity index (χ1n) is 13.5. The van der Waals surface area contributed by atoms with Crippen LogP contribution >= 0.6 is 0 Å². The Balaban J connectivity index is 1.71. The first-order chi connectivity index (χ1) is 18.8. The Morgan fingerprint density at radius 3 is 2.25 bits per heavy atom. The molecule has 0 spiro atoms. The number of likely N-dealkylation sites (tertiary alicyclic amines) is 1. The van der Waals surface area contributed by atoms with E-state index in [9.17, 15) is 18.0 Å². The number of aryl methyl sites for hydroxylation is 1. The van der Waals surface area contributed by atoms with Gasteiger partial charge in [-0.2, -0.15) is 8.42 Å². The third-order valence-electron chi connectivity index (χ3n) is 6.57. The molecule has 1 heterocycles. The van der Waals surface area contributed by atoms with Crippen LogP contribution in [0.15, 0.2) is 59.5 Å². The Morgan fingerprint density at radius 2 is 1.65 bits per heavy atom. The average Bonchev–Trinajstić information content (AvgIpc) is 3.29. The van der Waals surface area contributed by atoms with Gasteiger partial charge in [0, 0.05) is 12.5 Å². The summed E-state index contributed by atoms with van der Waals surface area (Å²) in [5.74, 6) is -0.928. The van der Waals surface area contributed by atoms with Gasteiger partial charge in [-0.05, 0) is 57.7 Å². The van der Waals surface area contributed by atoms with Crippen molar-refractivity contribution in [3.8, 4) is 0 Å². The summed E-state index contributed by atoms with van der Waals surface area (Å²) in [6, 6.07) is 15.1. The summed E-state index contributed by atoms with van der Waals surface area (Å²) in [6.07, 6.45) is -0.849. The van der Waals surface area contributed by atoms with E-state index in [-0.39, 0.29) is 36.6 Å². The molecule has 2 aromatic carbocycles. The van der Waals surface area contributed by atoms with Gasteiger partial charge in [0.15, 0.2) is 6.10 Å². The monoisotopic (exact) mass is 575 g/mol. The van der Waals surface area contributed by atoms with Crippen molar-refractivity contribution in [1.82, 2.24) is 4.90 Å². The molecule has 10 heteroatoms. The number of carbonyl (C=O) groups is 2. The first kappa shape index (κ1) is 31.6. The van der Waals surface area contributed by atoms with Crippen molar-refractivity contribution in [3.63, 3.8) is 0 Å². The molecule has 0 radical (unpaired) electrons. The summed E-state index contributed by atoms with van der Waals surface area (Å²) in [4.78, 5) is 27.4. The third-order valence-corrected chi connectivity index (χ3v) is 7.86. The summed E-state index contributed by atoms with van der Waals surface area (Å²) >= 11 is 0. The smallest absolute Gasteiger partial charge is 0.410 e. The van der Waals surface area contributed by atoms with Gasteiger partial charge < -0.3 is 19.1 Å². The first-order valence-corrected chi connectivity index (χ1v) is 15.0. The van der Waals surface area contributed by atoms with Gasteiger partial charge in [0.1, 0.15) is 12.2 Å². The Morgan fingerprint density at radius 1 is 1.00 bits per heavy atom. The lowest BCUT2D eigenvalue weighted by atomic mass is 10.0. The number of ether oxygens (including phenoxy) is 3. The molecule has 220 valence electrons. The van der Waals surface area contributed by atoms with Crippen LogP contribution in [-0.4, -0.2) is 62.9 Å². The van der Waals surface area contributed by atoms with Gasteiger partial charge in [0.25, 0.3) is 10.1 Å². The second-order valence-corrected chi connectivity index (χ2v) is 13.0. The van der Waals surface area contributed by atoms with E-state index in [0.29, 0.717) is 13.0 Å². The highest BCUT2D eigenvalue weighted by Crippen LogP contribution is 2.29. The molecule has 3 atom stereocenters. The molecule has 0 N–H and O–H groups in total. The minimum atomic E-state index is -4.06. The number of hydrogen-bond donors (Lipinski definition) is 0. The molecule has 1 saturated heterocycles.